The molecule has 1 heterocycles. The van der Waals surface area contributed by atoms with E-state index in [1.54, 1.807) is 39.0 Å². The quantitative estimate of drug-likeness (QED) is 0.106. The molecule has 11 nitrogen and oxygen atoms in total. The average molecular weight is 642 g/mol. The fraction of sp³-hybridized carbons (Fsp3) is 0.407. The van der Waals surface area contributed by atoms with Crippen molar-refractivity contribution in [1.82, 2.24) is 10.3 Å². The van der Waals surface area contributed by atoms with Crippen LogP contribution in [0.1, 0.15) is 45.6 Å². The minimum absolute atomic E-state index is 0.0472. The minimum Gasteiger partial charge on any atom is -0.444 e. The SMILES string of the molecule is CC(C)(C)OC(=O)NCCSc1c(NC(=O)CCCCN)cc(C(F)(F)F)cc1NC(=O)Nc1ccc2nc(N)sc2c1. The van der Waals surface area contributed by atoms with Crippen LogP contribution in [0.15, 0.2) is 35.2 Å². The molecule has 3 aromatic rings. The molecule has 0 aliphatic heterocycles. The van der Waals surface area contributed by atoms with Gasteiger partial charge in [0, 0.05) is 24.4 Å². The normalized spacial score (nSPS) is 11.7. The van der Waals surface area contributed by atoms with Crippen LogP contribution in [0.4, 0.5) is 45.0 Å². The molecule has 0 radical (unpaired) electrons. The van der Waals surface area contributed by atoms with E-state index >= 15 is 0 Å². The van der Waals surface area contributed by atoms with Gasteiger partial charge in [0.15, 0.2) is 5.13 Å². The number of unbranched alkanes of at least 4 members (excludes halogenated alkanes) is 1. The lowest BCUT2D eigenvalue weighted by Crippen LogP contribution is -2.33. The first-order valence-corrected chi connectivity index (χ1v) is 15.0. The first-order valence-electron chi connectivity index (χ1n) is 13.2. The molecule has 4 amide bonds. The van der Waals surface area contributed by atoms with Gasteiger partial charge in [-0.15, -0.1) is 11.8 Å². The van der Waals surface area contributed by atoms with Crippen molar-refractivity contribution in [2.45, 2.75) is 56.7 Å². The molecule has 234 valence electrons. The number of fused-ring (bicyclic) bond motifs is 1. The number of halogens is 3. The summed E-state index contributed by atoms with van der Waals surface area (Å²) in [5, 5.41) is 10.6. The van der Waals surface area contributed by atoms with Crippen molar-refractivity contribution in [2.75, 3.05) is 40.5 Å². The van der Waals surface area contributed by atoms with Crippen molar-refractivity contribution in [3.63, 3.8) is 0 Å². The van der Waals surface area contributed by atoms with Gasteiger partial charge < -0.3 is 37.5 Å². The van der Waals surface area contributed by atoms with Gasteiger partial charge in [-0.2, -0.15) is 13.2 Å². The number of rotatable bonds is 11. The van der Waals surface area contributed by atoms with Crippen LogP contribution >= 0.6 is 23.1 Å². The number of hydrogen-bond donors (Lipinski definition) is 6. The number of amides is 4. The van der Waals surface area contributed by atoms with Crippen molar-refractivity contribution in [3.05, 3.63) is 35.9 Å². The average Bonchev–Trinajstić information content (AvgIpc) is 3.25. The maximum Gasteiger partial charge on any atom is 0.416 e. The fourth-order valence-corrected chi connectivity index (χ4v) is 5.41. The highest BCUT2D eigenvalue weighted by molar-refractivity contribution is 7.99. The molecule has 0 fully saturated rings. The van der Waals surface area contributed by atoms with Gasteiger partial charge >= 0.3 is 18.3 Å². The Morgan fingerprint density at radius 1 is 1.02 bits per heavy atom. The summed E-state index contributed by atoms with van der Waals surface area (Å²) in [7, 11) is 0. The van der Waals surface area contributed by atoms with Crippen LogP contribution in [0.2, 0.25) is 0 Å². The molecule has 43 heavy (non-hydrogen) atoms. The zero-order valence-electron chi connectivity index (χ0n) is 23.8. The zero-order valence-corrected chi connectivity index (χ0v) is 25.4. The standard InChI is InChI=1S/C27H34F3N7O4S2/c1-26(2,3)41-25(40)33-10-11-42-22-18(35-21(38)6-4-5-9-31)12-15(27(28,29)30)13-19(22)37-24(39)34-16-7-8-17-20(14-16)43-23(32)36-17/h7-8,12-14H,4-6,9-11,31H2,1-3H3,(H2,32,36)(H,33,40)(H,35,38)(H2,34,37,39). The van der Waals surface area contributed by atoms with Crippen LogP contribution in [0, 0.1) is 0 Å². The Bertz CT molecular complexity index is 1460. The second kappa shape index (κ2) is 14.6. The third-order valence-corrected chi connectivity index (χ3v) is 7.46. The van der Waals surface area contributed by atoms with E-state index < -0.39 is 35.4 Å². The number of anilines is 4. The lowest BCUT2D eigenvalue weighted by atomic mass is 10.1. The highest BCUT2D eigenvalue weighted by Crippen LogP contribution is 2.41. The molecule has 3 rings (SSSR count). The molecule has 0 unspecified atom stereocenters. The number of hydrogen-bond acceptors (Lipinski definition) is 9. The largest absolute Gasteiger partial charge is 0.444 e. The van der Waals surface area contributed by atoms with Gasteiger partial charge in [-0.05, 0) is 70.5 Å². The van der Waals surface area contributed by atoms with E-state index in [0.717, 1.165) is 23.9 Å². The zero-order chi connectivity index (χ0) is 31.8. The molecular weight excluding hydrogens is 607 g/mol. The van der Waals surface area contributed by atoms with Gasteiger partial charge in [-0.3, -0.25) is 4.79 Å². The van der Waals surface area contributed by atoms with Gasteiger partial charge in [0.05, 0.1) is 32.1 Å². The van der Waals surface area contributed by atoms with Crippen molar-refractivity contribution < 1.29 is 32.3 Å². The van der Waals surface area contributed by atoms with Crippen LogP contribution in [0.25, 0.3) is 10.2 Å². The summed E-state index contributed by atoms with van der Waals surface area (Å²) in [6, 6.07) is 5.67. The van der Waals surface area contributed by atoms with E-state index in [4.69, 9.17) is 16.2 Å². The Hall–Kier alpha value is -3.76. The molecule has 0 saturated carbocycles. The maximum absolute atomic E-state index is 13.9. The molecule has 0 spiro atoms. The van der Waals surface area contributed by atoms with Crippen LogP contribution in [-0.4, -0.2) is 47.5 Å². The van der Waals surface area contributed by atoms with Crippen molar-refractivity contribution >= 4 is 73.5 Å². The number of urea groups is 1. The Kier molecular flexibility index (Phi) is 11.5. The van der Waals surface area contributed by atoms with Crippen molar-refractivity contribution in [2.24, 2.45) is 5.73 Å². The molecule has 1 aromatic heterocycles. The number of nitrogens with two attached hydrogens (primary N) is 2. The number of carbonyl (C=O) groups excluding carboxylic acids is 3. The Labute approximate surface area is 254 Å². The highest BCUT2D eigenvalue weighted by atomic mass is 32.2. The predicted molar refractivity (Wildman–Crippen MR) is 165 cm³/mol. The van der Waals surface area contributed by atoms with Crippen molar-refractivity contribution in [1.29, 1.82) is 0 Å². The third kappa shape index (κ3) is 10.8. The number of alkyl halides is 3. The van der Waals surface area contributed by atoms with Crippen LogP contribution in [0.3, 0.4) is 0 Å². The number of nitrogen functional groups attached to an aromatic ring is 1. The molecule has 0 aliphatic carbocycles. The molecule has 8 N–H and O–H groups in total. The molecule has 0 bridgehead atoms. The van der Waals surface area contributed by atoms with Gasteiger partial charge in [0.2, 0.25) is 5.91 Å². The smallest absolute Gasteiger partial charge is 0.416 e. The number of thiazole rings is 1. The first kappa shape index (κ1) is 33.7. The number of aromatic nitrogens is 1. The fourth-order valence-electron chi connectivity index (χ4n) is 3.70. The van der Waals surface area contributed by atoms with Crippen LogP contribution in [0.5, 0.6) is 0 Å². The number of benzene rings is 2. The summed E-state index contributed by atoms with van der Waals surface area (Å²) in [6.45, 7) is 5.59. The maximum atomic E-state index is 13.9. The van der Waals surface area contributed by atoms with Crippen LogP contribution < -0.4 is 32.7 Å². The second-order valence-electron chi connectivity index (χ2n) is 10.3. The molecule has 16 heteroatoms. The summed E-state index contributed by atoms with van der Waals surface area (Å²) >= 11 is 2.26. The number of alkyl carbamates (subject to hydrolysis) is 1. The van der Waals surface area contributed by atoms with Crippen molar-refractivity contribution in [3.8, 4) is 0 Å². The van der Waals surface area contributed by atoms with E-state index in [2.05, 4.69) is 26.3 Å². The number of nitrogens with one attached hydrogen (secondary N) is 4. The van der Waals surface area contributed by atoms with E-state index in [9.17, 15) is 27.6 Å². The Morgan fingerprint density at radius 3 is 2.37 bits per heavy atom. The number of nitrogens with zero attached hydrogens (tertiary/aromatic N) is 1. The number of thioether (sulfide) groups is 1. The lowest BCUT2D eigenvalue weighted by Gasteiger charge is -2.21. The van der Waals surface area contributed by atoms with Gasteiger partial charge in [-0.1, -0.05) is 11.3 Å². The van der Waals surface area contributed by atoms with E-state index in [0.29, 0.717) is 40.4 Å². The molecular formula is C27H34F3N7O4S2. The Morgan fingerprint density at radius 2 is 1.72 bits per heavy atom. The third-order valence-electron chi connectivity index (χ3n) is 5.48. The van der Waals surface area contributed by atoms with E-state index in [1.165, 1.54) is 11.3 Å². The summed E-state index contributed by atoms with van der Waals surface area (Å²) in [6.07, 6.45) is -4.37. The van der Waals surface area contributed by atoms with Gasteiger partial charge in [0.25, 0.3) is 0 Å². The van der Waals surface area contributed by atoms with E-state index in [-0.39, 0.29) is 35.0 Å². The van der Waals surface area contributed by atoms with Gasteiger partial charge in [-0.25, -0.2) is 14.6 Å². The molecule has 0 saturated heterocycles. The monoisotopic (exact) mass is 641 g/mol. The Balaban J connectivity index is 1.88. The van der Waals surface area contributed by atoms with Crippen LogP contribution in [-0.2, 0) is 15.7 Å². The van der Waals surface area contributed by atoms with E-state index in [1.807, 2.05) is 0 Å². The minimum atomic E-state index is -4.77. The molecule has 0 atom stereocenters. The second-order valence-corrected chi connectivity index (χ2v) is 12.5. The molecule has 0 aliphatic rings. The highest BCUT2D eigenvalue weighted by Gasteiger charge is 2.33. The summed E-state index contributed by atoms with van der Waals surface area (Å²) in [5.41, 5.74) is 10.1. The number of ether oxygens (including phenoxy) is 1. The van der Waals surface area contributed by atoms with Gasteiger partial charge in [0.1, 0.15) is 5.60 Å². The topological polar surface area (TPSA) is 173 Å². The first-order chi connectivity index (χ1) is 20.1. The summed E-state index contributed by atoms with van der Waals surface area (Å²) in [4.78, 5) is 41.9. The molecule has 2 aromatic carbocycles. The lowest BCUT2D eigenvalue weighted by molar-refractivity contribution is -0.137. The number of carbonyl (C=O) groups is 3. The summed E-state index contributed by atoms with van der Waals surface area (Å²) in [5.74, 6) is -0.325. The summed E-state index contributed by atoms with van der Waals surface area (Å²) < 4.78 is 47.6. The predicted octanol–water partition coefficient (Wildman–Crippen LogP) is 6.23.